The van der Waals surface area contributed by atoms with E-state index in [0.29, 0.717) is 5.69 Å². The predicted octanol–water partition coefficient (Wildman–Crippen LogP) is 4.50. The summed E-state index contributed by atoms with van der Waals surface area (Å²) in [6, 6.07) is 17.5. The molecule has 5 heteroatoms. The third kappa shape index (κ3) is 3.47. The fraction of sp³-hybridized carbons (Fsp3) is 0.238. The number of amides is 1. The quantitative estimate of drug-likeness (QED) is 0.755. The SMILES string of the molecule is Cc1ccc(-c2cc(C(=O)Nc3cccc(N4CCCC4)c3)on2)cc1. The van der Waals surface area contributed by atoms with E-state index in [2.05, 4.69) is 21.4 Å². The van der Waals surface area contributed by atoms with Crippen LogP contribution >= 0.6 is 0 Å². The van der Waals surface area contributed by atoms with Gasteiger partial charge < -0.3 is 14.7 Å². The van der Waals surface area contributed by atoms with Crippen LogP contribution in [0.5, 0.6) is 0 Å². The average molecular weight is 347 g/mol. The molecule has 2 aromatic carbocycles. The van der Waals surface area contributed by atoms with Crippen molar-refractivity contribution in [1.29, 1.82) is 0 Å². The molecule has 26 heavy (non-hydrogen) atoms. The van der Waals surface area contributed by atoms with E-state index in [0.717, 1.165) is 30.0 Å². The van der Waals surface area contributed by atoms with Gasteiger partial charge in [0.2, 0.25) is 5.76 Å². The van der Waals surface area contributed by atoms with Crippen LogP contribution in [0.1, 0.15) is 29.0 Å². The van der Waals surface area contributed by atoms with Crippen LogP contribution in [0.3, 0.4) is 0 Å². The van der Waals surface area contributed by atoms with Crippen molar-refractivity contribution in [3.05, 3.63) is 65.9 Å². The average Bonchev–Trinajstić information content (AvgIpc) is 3.35. The summed E-state index contributed by atoms with van der Waals surface area (Å²) in [6.45, 7) is 4.17. The maximum Gasteiger partial charge on any atom is 0.294 e. The molecule has 0 saturated carbocycles. The Bertz CT molecular complexity index is 909. The van der Waals surface area contributed by atoms with Crippen LogP contribution in [0.4, 0.5) is 11.4 Å². The van der Waals surface area contributed by atoms with Crippen LogP contribution in [0.15, 0.2) is 59.1 Å². The van der Waals surface area contributed by atoms with E-state index >= 15 is 0 Å². The van der Waals surface area contributed by atoms with Gasteiger partial charge in [-0.2, -0.15) is 0 Å². The summed E-state index contributed by atoms with van der Waals surface area (Å²) in [5, 5.41) is 6.91. The Morgan fingerprint density at radius 3 is 2.62 bits per heavy atom. The summed E-state index contributed by atoms with van der Waals surface area (Å²) in [7, 11) is 0. The number of hydrogen-bond acceptors (Lipinski definition) is 4. The summed E-state index contributed by atoms with van der Waals surface area (Å²) in [5.41, 5.74) is 4.65. The number of nitrogens with one attached hydrogen (secondary N) is 1. The number of aromatic nitrogens is 1. The van der Waals surface area contributed by atoms with E-state index in [9.17, 15) is 4.79 Å². The van der Waals surface area contributed by atoms with E-state index in [1.807, 2.05) is 49.4 Å². The van der Waals surface area contributed by atoms with E-state index in [1.165, 1.54) is 18.4 Å². The number of rotatable bonds is 4. The molecule has 0 spiro atoms. The van der Waals surface area contributed by atoms with Crippen molar-refractivity contribution in [2.75, 3.05) is 23.3 Å². The molecule has 1 fully saturated rings. The molecule has 0 radical (unpaired) electrons. The maximum absolute atomic E-state index is 12.5. The second-order valence-electron chi connectivity index (χ2n) is 6.64. The third-order valence-electron chi connectivity index (χ3n) is 4.66. The van der Waals surface area contributed by atoms with Crippen molar-refractivity contribution in [3.63, 3.8) is 0 Å². The van der Waals surface area contributed by atoms with Gasteiger partial charge in [-0.1, -0.05) is 41.1 Å². The lowest BCUT2D eigenvalue weighted by molar-refractivity contribution is 0.0988. The molecule has 1 aliphatic heterocycles. The molecule has 1 N–H and O–H groups in total. The van der Waals surface area contributed by atoms with Crippen LogP contribution < -0.4 is 10.2 Å². The van der Waals surface area contributed by atoms with Crippen LogP contribution in [-0.4, -0.2) is 24.2 Å². The van der Waals surface area contributed by atoms with Gasteiger partial charge in [-0.25, -0.2) is 0 Å². The van der Waals surface area contributed by atoms with Crippen LogP contribution in [0.25, 0.3) is 11.3 Å². The minimum atomic E-state index is -0.297. The van der Waals surface area contributed by atoms with Gasteiger partial charge in [-0.05, 0) is 38.0 Å². The summed E-state index contributed by atoms with van der Waals surface area (Å²) < 4.78 is 5.24. The molecule has 0 unspecified atom stereocenters. The molecule has 2 heterocycles. The van der Waals surface area contributed by atoms with Crippen molar-refractivity contribution >= 4 is 17.3 Å². The van der Waals surface area contributed by atoms with Gasteiger partial charge in [0.15, 0.2) is 0 Å². The fourth-order valence-electron chi connectivity index (χ4n) is 3.19. The Morgan fingerprint density at radius 1 is 1.08 bits per heavy atom. The fourth-order valence-corrected chi connectivity index (χ4v) is 3.19. The molecule has 1 saturated heterocycles. The summed E-state index contributed by atoms with van der Waals surface area (Å²) >= 11 is 0. The first-order valence-electron chi connectivity index (χ1n) is 8.89. The lowest BCUT2D eigenvalue weighted by Crippen LogP contribution is -2.18. The zero-order valence-electron chi connectivity index (χ0n) is 14.7. The molecule has 5 nitrogen and oxygen atoms in total. The zero-order valence-corrected chi connectivity index (χ0v) is 14.7. The smallest absolute Gasteiger partial charge is 0.294 e. The normalized spacial score (nSPS) is 13.8. The number of nitrogens with zero attached hydrogens (tertiary/aromatic N) is 2. The molecule has 1 aromatic heterocycles. The minimum Gasteiger partial charge on any atom is -0.371 e. The molecule has 0 aliphatic carbocycles. The van der Waals surface area contributed by atoms with Crippen molar-refractivity contribution in [1.82, 2.24) is 5.16 Å². The van der Waals surface area contributed by atoms with Gasteiger partial charge >= 0.3 is 0 Å². The number of carbonyl (C=O) groups is 1. The van der Waals surface area contributed by atoms with E-state index in [4.69, 9.17) is 4.52 Å². The standard InChI is InChI=1S/C21H21N3O2/c1-15-7-9-16(10-8-15)19-14-20(26-23-19)21(25)22-17-5-4-6-18(13-17)24-11-2-3-12-24/h4-10,13-14H,2-3,11-12H2,1H3,(H,22,25). The maximum atomic E-state index is 12.5. The molecule has 4 rings (SSSR count). The van der Waals surface area contributed by atoms with Gasteiger partial charge in [0.05, 0.1) is 0 Å². The lowest BCUT2D eigenvalue weighted by Gasteiger charge is -2.18. The topological polar surface area (TPSA) is 58.4 Å². The highest BCUT2D eigenvalue weighted by Gasteiger charge is 2.16. The molecule has 0 atom stereocenters. The van der Waals surface area contributed by atoms with Crippen molar-refractivity contribution in [2.24, 2.45) is 0 Å². The van der Waals surface area contributed by atoms with Crippen molar-refractivity contribution in [2.45, 2.75) is 19.8 Å². The summed E-state index contributed by atoms with van der Waals surface area (Å²) in [4.78, 5) is 14.8. The number of aryl methyl sites for hydroxylation is 1. The number of hydrogen-bond donors (Lipinski definition) is 1. The minimum absolute atomic E-state index is 0.201. The van der Waals surface area contributed by atoms with E-state index in [-0.39, 0.29) is 11.7 Å². The second-order valence-corrected chi connectivity index (χ2v) is 6.64. The molecule has 3 aromatic rings. The highest BCUT2D eigenvalue weighted by Crippen LogP contribution is 2.24. The largest absolute Gasteiger partial charge is 0.371 e. The lowest BCUT2D eigenvalue weighted by atomic mass is 10.1. The molecule has 1 aliphatic rings. The van der Waals surface area contributed by atoms with Crippen molar-refractivity contribution in [3.8, 4) is 11.3 Å². The Morgan fingerprint density at radius 2 is 1.85 bits per heavy atom. The zero-order chi connectivity index (χ0) is 17.9. The van der Waals surface area contributed by atoms with Crippen LogP contribution in [0, 0.1) is 6.92 Å². The molecular weight excluding hydrogens is 326 g/mol. The van der Waals surface area contributed by atoms with Gasteiger partial charge in [-0.3, -0.25) is 4.79 Å². The summed E-state index contributed by atoms with van der Waals surface area (Å²) in [6.07, 6.45) is 2.44. The van der Waals surface area contributed by atoms with Gasteiger partial charge in [0, 0.05) is 36.1 Å². The third-order valence-corrected chi connectivity index (χ3v) is 4.66. The van der Waals surface area contributed by atoms with Gasteiger partial charge in [0.1, 0.15) is 5.69 Å². The van der Waals surface area contributed by atoms with Crippen molar-refractivity contribution < 1.29 is 9.32 Å². The molecular formula is C21H21N3O2. The molecule has 0 bridgehead atoms. The first-order chi connectivity index (χ1) is 12.7. The first kappa shape index (κ1) is 16.4. The highest BCUT2D eigenvalue weighted by atomic mass is 16.5. The van der Waals surface area contributed by atoms with E-state index in [1.54, 1.807) is 6.07 Å². The van der Waals surface area contributed by atoms with E-state index < -0.39 is 0 Å². The predicted molar refractivity (Wildman–Crippen MR) is 103 cm³/mol. The Balaban J connectivity index is 1.48. The Kier molecular flexibility index (Phi) is 4.44. The molecule has 132 valence electrons. The number of anilines is 2. The Labute approximate surface area is 152 Å². The Hall–Kier alpha value is -3.08. The van der Waals surface area contributed by atoms with Gasteiger partial charge in [0.25, 0.3) is 5.91 Å². The number of carbonyl (C=O) groups excluding carboxylic acids is 1. The van der Waals surface area contributed by atoms with Gasteiger partial charge in [-0.15, -0.1) is 0 Å². The molecule has 1 amide bonds. The first-order valence-corrected chi connectivity index (χ1v) is 8.89. The second kappa shape index (κ2) is 7.04. The summed E-state index contributed by atoms with van der Waals surface area (Å²) in [5.74, 6) is -0.0958. The monoisotopic (exact) mass is 347 g/mol. The highest BCUT2D eigenvalue weighted by molar-refractivity contribution is 6.03. The van der Waals surface area contributed by atoms with Crippen LogP contribution in [-0.2, 0) is 0 Å². The number of benzene rings is 2. The van der Waals surface area contributed by atoms with Crippen LogP contribution in [0.2, 0.25) is 0 Å².